The zero-order valence-corrected chi connectivity index (χ0v) is 21.6. The van der Waals surface area contributed by atoms with Crippen molar-refractivity contribution in [2.24, 2.45) is 0 Å². The van der Waals surface area contributed by atoms with Crippen LogP contribution in [0.3, 0.4) is 0 Å². The van der Waals surface area contributed by atoms with Crippen LogP contribution in [0.2, 0.25) is 0 Å². The Kier molecular flexibility index (Phi) is 6.98. The summed E-state index contributed by atoms with van der Waals surface area (Å²) < 4.78 is 17.0. The normalized spacial score (nSPS) is 16.7. The first-order chi connectivity index (χ1) is 17.0. The molecular weight excluding hydrogens is 460 g/mol. The topological polar surface area (TPSA) is 94.2 Å². The summed E-state index contributed by atoms with van der Waals surface area (Å²) in [6, 6.07) is 10.8. The third-order valence-corrected chi connectivity index (χ3v) is 7.02. The number of carbonyl (C=O) groups excluding carboxylic acids is 3. The number of piperidine rings is 1. The maximum atomic E-state index is 13.0. The zero-order chi connectivity index (χ0) is 26.1. The lowest BCUT2D eigenvalue weighted by atomic mass is 9.82. The molecule has 1 fully saturated rings. The average molecular weight is 495 g/mol. The molecular formula is C28H34N2O6. The van der Waals surface area contributed by atoms with Crippen LogP contribution in [0.4, 0.5) is 0 Å². The SMILES string of the molecule is COc1cc(OC)c2c(c1)OC1(CCN(C(=O)CNC(=O)c3ccc(C(C)(C)C)cc3)CC1)CC2=O. The second-order valence-electron chi connectivity index (χ2n) is 10.5. The van der Waals surface area contributed by atoms with Crippen LogP contribution >= 0.6 is 0 Å². The van der Waals surface area contributed by atoms with E-state index >= 15 is 0 Å². The minimum absolute atomic E-state index is 0.00344. The number of hydrogen-bond acceptors (Lipinski definition) is 6. The van der Waals surface area contributed by atoms with E-state index in [9.17, 15) is 14.4 Å². The fraction of sp³-hybridized carbons (Fsp3) is 0.464. The number of methoxy groups -OCH3 is 2. The van der Waals surface area contributed by atoms with Crippen LogP contribution in [0.1, 0.15) is 66.3 Å². The molecule has 2 heterocycles. The number of rotatable bonds is 5. The standard InChI is InChI=1S/C28H34N2O6/c1-27(2,3)19-8-6-18(7-9-19)26(33)29-17-24(32)30-12-10-28(11-13-30)16-21(31)25-22(35-5)14-20(34-4)15-23(25)36-28/h6-9,14-15H,10-13,16-17H2,1-5H3,(H,29,33). The van der Waals surface area contributed by atoms with Gasteiger partial charge in [0.25, 0.3) is 5.91 Å². The maximum absolute atomic E-state index is 13.0. The summed E-state index contributed by atoms with van der Waals surface area (Å²) in [4.78, 5) is 40.0. The molecule has 2 aliphatic rings. The van der Waals surface area contributed by atoms with E-state index in [0.717, 1.165) is 5.56 Å². The fourth-order valence-corrected chi connectivity index (χ4v) is 4.78. The molecule has 1 saturated heterocycles. The molecule has 2 aromatic rings. The highest BCUT2D eigenvalue weighted by molar-refractivity contribution is 6.03. The number of ether oxygens (including phenoxy) is 3. The summed E-state index contributed by atoms with van der Waals surface area (Å²) in [5.74, 6) is 0.952. The van der Waals surface area contributed by atoms with Gasteiger partial charge in [-0.1, -0.05) is 32.9 Å². The molecule has 0 unspecified atom stereocenters. The summed E-state index contributed by atoms with van der Waals surface area (Å²) in [5, 5.41) is 2.73. The predicted octanol–water partition coefficient (Wildman–Crippen LogP) is 3.76. The number of benzene rings is 2. The summed E-state index contributed by atoms with van der Waals surface area (Å²) >= 11 is 0. The predicted molar refractivity (Wildman–Crippen MR) is 135 cm³/mol. The van der Waals surface area contributed by atoms with Gasteiger partial charge in [0, 0.05) is 43.6 Å². The second kappa shape index (κ2) is 9.84. The van der Waals surface area contributed by atoms with Crippen LogP contribution in [-0.4, -0.2) is 62.0 Å². The Morgan fingerprint density at radius 1 is 1.06 bits per heavy atom. The Balaban J connectivity index is 1.34. The van der Waals surface area contributed by atoms with E-state index in [1.165, 1.54) is 7.11 Å². The molecule has 0 bridgehead atoms. The van der Waals surface area contributed by atoms with Crippen molar-refractivity contribution in [1.29, 1.82) is 0 Å². The molecule has 2 amide bonds. The van der Waals surface area contributed by atoms with Gasteiger partial charge in [0.05, 0.1) is 27.2 Å². The number of Topliss-reactive ketones (excluding diaryl/α,β-unsaturated/α-hetero) is 1. The van der Waals surface area contributed by atoms with Gasteiger partial charge in [-0.3, -0.25) is 14.4 Å². The Labute approximate surface area is 211 Å². The van der Waals surface area contributed by atoms with Crippen molar-refractivity contribution in [1.82, 2.24) is 10.2 Å². The number of ketones is 1. The molecule has 192 valence electrons. The Hall–Kier alpha value is -3.55. The Morgan fingerprint density at radius 3 is 2.31 bits per heavy atom. The van der Waals surface area contributed by atoms with E-state index in [1.54, 1.807) is 36.3 Å². The van der Waals surface area contributed by atoms with Crippen LogP contribution < -0.4 is 19.5 Å². The smallest absolute Gasteiger partial charge is 0.251 e. The number of hydrogen-bond donors (Lipinski definition) is 1. The average Bonchev–Trinajstić information content (AvgIpc) is 2.86. The molecule has 2 aliphatic heterocycles. The largest absolute Gasteiger partial charge is 0.496 e. The van der Waals surface area contributed by atoms with Crippen LogP contribution in [0.15, 0.2) is 36.4 Å². The molecule has 0 atom stereocenters. The van der Waals surface area contributed by atoms with E-state index < -0.39 is 5.60 Å². The Bertz CT molecular complexity index is 1160. The highest BCUT2D eigenvalue weighted by Gasteiger charge is 2.45. The van der Waals surface area contributed by atoms with E-state index in [4.69, 9.17) is 14.2 Å². The molecule has 8 heteroatoms. The molecule has 36 heavy (non-hydrogen) atoms. The van der Waals surface area contributed by atoms with E-state index in [1.807, 2.05) is 12.1 Å². The minimum atomic E-state index is -0.670. The highest BCUT2D eigenvalue weighted by atomic mass is 16.5. The van der Waals surface area contributed by atoms with Crippen LogP contribution in [0.5, 0.6) is 17.2 Å². The van der Waals surface area contributed by atoms with Crippen molar-refractivity contribution < 1.29 is 28.6 Å². The van der Waals surface area contributed by atoms with Gasteiger partial charge < -0.3 is 24.4 Å². The highest BCUT2D eigenvalue weighted by Crippen LogP contribution is 2.44. The Morgan fingerprint density at radius 2 is 1.72 bits per heavy atom. The van der Waals surface area contributed by atoms with Gasteiger partial charge in [0.2, 0.25) is 5.91 Å². The lowest BCUT2D eigenvalue weighted by Gasteiger charge is -2.44. The van der Waals surface area contributed by atoms with E-state index in [2.05, 4.69) is 26.1 Å². The third kappa shape index (κ3) is 5.17. The van der Waals surface area contributed by atoms with Gasteiger partial charge in [0.15, 0.2) is 5.78 Å². The van der Waals surface area contributed by atoms with Gasteiger partial charge in [-0.25, -0.2) is 0 Å². The molecule has 1 spiro atoms. The number of amides is 2. The van der Waals surface area contributed by atoms with E-state index in [0.29, 0.717) is 54.3 Å². The van der Waals surface area contributed by atoms with Crippen LogP contribution in [0.25, 0.3) is 0 Å². The van der Waals surface area contributed by atoms with Gasteiger partial charge in [0.1, 0.15) is 28.4 Å². The van der Waals surface area contributed by atoms with Crippen molar-refractivity contribution in [3.63, 3.8) is 0 Å². The van der Waals surface area contributed by atoms with E-state index in [-0.39, 0.29) is 36.0 Å². The van der Waals surface area contributed by atoms with Gasteiger partial charge in [-0.05, 0) is 23.1 Å². The number of carbonyl (C=O) groups is 3. The first-order valence-electron chi connectivity index (χ1n) is 12.2. The van der Waals surface area contributed by atoms with Crippen molar-refractivity contribution in [3.8, 4) is 17.2 Å². The van der Waals surface area contributed by atoms with Crippen LogP contribution in [-0.2, 0) is 10.2 Å². The molecule has 2 aromatic carbocycles. The first kappa shape index (κ1) is 25.5. The second-order valence-corrected chi connectivity index (χ2v) is 10.5. The maximum Gasteiger partial charge on any atom is 0.251 e. The number of nitrogens with one attached hydrogen (secondary N) is 1. The molecule has 1 N–H and O–H groups in total. The number of fused-ring (bicyclic) bond motifs is 1. The van der Waals surface area contributed by atoms with Gasteiger partial charge in [-0.15, -0.1) is 0 Å². The van der Waals surface area contributed by atoms with Gasteiger partial charge >= 0.3 is 0 Å². The zero-order valence-electron chi connectivity index (χ0n) is 21.6. The molecule has 4 rings (SSSR count). The number of nitrogens with zero attached hydrogens (tertiary/aromatic N) is 1. The third-order valence-electron chi connectivity index (χ3n) is 7.02. The summed E-state index contributed by atoms with van der Waals surface area (Å²) in [7, 11) is 3.06. The van der Waals surface area contributed by atoms with Crippen molar-refractivity contribution in [2.75, 3.05) is 33.9 Å². The number of likely N-dealkylation sites (tertiary alicyclic amines) is 1. The quantitative estimate of drug-likeness (QED) is 0.680. The minimum Gasteiger partial charge on any atom is -0.496 e. The molecule has 0 radical (unpaired) electrons. The van der Waals surface area contributed by atoms with Crippen molar-refractivity contribution in [3.05, 3.63) is 53.1 Å². The fourth-order valence-electron chi connectivity index (χ4n) is 4.78. The van der Waals surface area contributed by atoms with Gasteiger partial charge in [-0.2, -0.15) is 0 Å². The molecule has 0 aliphatic carbocycles. The summed E-state index contributed by atoms with van der Waals surface area (Å²) in [6.45, 7) is 7.15. The summed E-state index contributed by atoms with van der Waals surface area (Å²) in [6.07, 6.45) is 1.27. The van der Waals surface area contributed by atoms with Crippen molar-refractivity contribution >= 4 is 17.6 Å². The lowest BCUT2D eigenvalue weighted by Crippen LogP contribution is -2.53. The monoisotopic (exact) mass is 494 g/mol. The first-order valence-corrected chi connectivity index (χ1v) is 12.2. The summed E-state index contributed by atoms with van der Waals surface area (Å²) in [5.41, 5.74) is 1.42. The molecule has 0 saturated carbocycles. The molecule has 8 nitrogen and oxygen atoms in total. The lowest BCUT2D eigenvalue weighted by molar-refractivity contribution is -0.133. The molecule has 0 aromatic heterocycles. The van der Waals surface area contributed by atoms with Crippen LogP contribution in [0, 0.1) is 0 Å². The van der Waals surface area contributed by atoms with Crippen molar-refractivity contribution in [2.45, 2.75) is 51.0 Å².